The van der Waals surface area contributed by atoms with E-state index >= 15 is 0 Å². The van der Waals surface area contributed by atoms with Gasteiger partial charge in [-0.3, -0.25) is 9.79 Å². The van der Waals surface area contributed by atoms with Crippen molar-refractivity contribution in [2.45, 2.75) is 65.8 Å². The molecule has 6 nitrogen and oxygen atoms in total. The highest BCUT2D eigenvalue weighted by molar-refractivity contribution is 6.45. The number of hydrogen-bond acceptors (Lipinski definition) is 4. The van der Waals surface area contributed by atoms with E-state index in [9.17, 15) is 9.18 Å². The second-order valence-corrected chi connectivity index (χ2v) is 9.25. The Morgan fingerprint density at radius 2 is 1.76 bits per heavy atom. The normalized spacial score (nSPS) is 15.7. The molecule has 0 spiro atoms. The quantitative estimate of drug-likeness (QED) is 0.298. The smallest absolute Gasteiger partial charge is 0.251 e. The van der Waals surface area contributed by atoms with Crippen molar-refractivity contribution in [2.24, 2.45) is 9.98 Å². The molecule has 1 amide bonds. The number of nitrogens with one attached hydrogen (secondary N) is 2. The maximum atomic E-state index is 14.5. The SMILES string of the molecule is C/C=C\N=C(Nc1ccc(C(=O)NC2CCCCC2)cc1)C(C)=N/C=C(\C)c1ccc(OC)c(F)c1C. The number of carbonyl (C=O) groups is 1. The van der Waals surface area contributed by atoms with Crippen LogP contribution in [-0.2, 0) is 0 Å². The van der Waals surface area contributed by atoms with Gasteiger partial charge in [-0.15, -0.1) is 0 Å². The summed E-state index contributed by atoms with van der Waals surface area (Å²) >= 11 is 0. The first-order chi connectivity index (χ1) is 17.8. The van der Waals surface area contributed by atoms with Crippen LogP contribution >= 0.6 is 0 Å². The highest BCUT2D eigenvalue weighted by Gasteiger charge is 2.17. The van der Waals surface area contributed by atoms with E-state index in [2.05, 4.69) is 20.6 Å². The van der Waals surface area contributed by atoms with Crippen molar-refractivity contribution in [3.8, 4) is 5.75 Å². The van der Waals surface area contributed by atoms with Gasteiger partial charge in [0.1, 0.15) is 0 Å². The molecule has 0 atom stereocenters. The number of rotatable bonds is 8. The van der Waals surface area contributed by atoms with Crippen molar-refractivity contribution >= 4 is 28.7 Å². The molecule has 1 aliphatic rings. The predicted octanol–water partition coefficient (Wildman–Crippen LogP) is 7.07. The summed E-state index contributed by atoms with van der Waals surface area (Å²) < 4.78 is 19.5. The number of nitrogens with zero attached hydrogens (tertiary/aromatic N) is 2. The molecule has 0 aliphatic heterocycles. The van der Waals surface area contributed by atoms with Crippen molar-refractivity contribution < 1.29 is 13.9 Å². The van der Waals surface area contributed by atoms with E-state index in [1.54, 1.807) is 25.4 Å². The lowest BCUT2D eigenvalue weighted by atomic mass is 9.95. The van der Waals surface area contributed by atoms with E-state index < -0.39 is 0 Å². The van der Waals surface area contributed by atoms with Crippen LogP contribution in [0.15, 0.2) is 64.9 Å². The first kappa shape index (κ1) is 27.8. The number of amidine groups is 1. The molecule has 37 heavy (non-hydrogen) atoms. The molecule has 1 aliphatic carbocycles. The standard InChI is InChI=1S/C30H37FN4O2/c1-6-18-32-29(22(4)33-19-20(2)26-16-17-27(37-5)28(31)21(26)3)34-25-14-12-23(13-15-25)30(36)35-24-10-8-7-9-11-24/h6,12-19,24H,7-11H2,1-5H3,(H,32,34)(H,35,36)/b18-6-,20-19+,33-22?. The summed E-state index contributed by atoms with van der Waals surface area (Å²) in [6.07, 6.45) is 10.9. The van der Waals surface area contributed by atoms with Crippen LogP contribution in [0.3, 0.4) is 0 Å². The number of halogens is 1. The number of allylic oxidation sites excluding steroid dienone is 2. The Labute approximate surface area is 219 Å². The lowest BCUT2D eigenvalue weighted by Gasteiger charge is -2.22. The molecule has 0 radical (unpaired) electrons. The van der Waals surface area contributed by atoms with Crippen LogP contribution in [0, 0.1) is 12.7 Å². The first-order valence-electron chi connectivity index (χ1n) is 12.8. The Kier molecular flexibility index (Phi) is 10.2. The average Bonchev–Trinajstić information content (AvgIpc) is 2.91. The lowest BCUT2D eigenvalue weighted by molar-refractivity contribution is 0.0927. The van der Waals surface area contributed by atoms with Gasteiger partial charge in [0.2, 0.25) is 0 Å². The van der Waals surface area contributed by atoms with Crippen LogP contribution in [0.1, 0.15) is 74.4 Å². The average molecular weight is 505 g/mol. The van der Waals surface area contributed by atoms with Crippen LogP contribution in [0.4, 0.5) is 10.1 Å². The summed E-state index contributed by atoms with van der Waals surface area (Å²) in [5.74, 6) is 0.376. The van der Waals surface area contributed by atoms with Gasteiger partial charge in [0, 0.05) is 29.7 Å². The molecule has 2 aromatic rings. The van der Waals surface area contributed by atoms with Crippen molar-refractivity contribution in [2.75, 3.05) is 12.4 Å². The summed E-state index contributed by atoms with van der Waals surface area (Å²) in [6.45, 7) is 7.35. The number of methoxy groups -OCH3 is 1. The molecular weight excluding hydrogens is 467 g/mol. The Morgan fingerprint density at radius 1 is 1.05 bits per heavy atom. The van der Waals surface area contributed by atoms with E-state index in [-0.39, 0.29) is 23.5 Å². The first-order valence-corrected chi connectivity index (χ1v) is 12.8. The zero-order valence-electron chi connectivity index (χ0n) is 22.4. The minimum atomic E-state index is -0.374. The van der Waals surface area contributed by atoms with E-state index in [0.717, 1.165) is 29.7 Å². The number of anilines is 1. The molecule has 0 bridgehead atoms. The van der Waals surface area contributed by atoms with Gasteiger partial charge in [-0.25, -0.2) is 9.38 Å². The third kappa shape index (κ3) is 7.62. The van der Waals surface area contributed by atoms with Gasteiger partial charge in [-0.2, -0.15) is 0 Å². The topological polar surface area (TPSA) is 75.1 Å². The minimum absolute atomic E-state index is 0.0372. The van der Waals surface area contributed by atoms with Gasteiger partial charge in [-0.1, -0.05) is 31.4 Å². The molecule has 0 saturated heterocycles. The number of aliphatic imine (C=N–C) groups is 2. The van der Waals surface area contributed by atoms with E-state index in [1.807, 2.05) is 57.2 Å². The van der Waals surface area contributed by atoms with Crippen molar-refractivity contribution in [3.63, 3.8) is 0 Å². The van der Waals surface area contributed by atoms with E-state index in [4.69, 9.17) is 4.74 Å². The van der Waals surface area contributed by atoms with Gasteiger partial charge in [0.15, 0.2) is 17.4 Å². The van der Waals surface area contributed by atoms with Gasteiger partial charge >= 0.3 is 0 Å². The Balaban J connectivity index is 1.74. The molecule has 1 fully saturated rings. The number of carbonyl (C=O) groups excluding carboxylic acids is 1. The van der Waals surface area contributed by atoms with Crippen molar-refractivity contribution in [1.29, 1.82) is 0 Å². The van der Waals surface area contributed by atoms with Crippen LogP contribution in [-0.4, -0.2) is 30.6 Å². The van der Waals surface area contributed by atoms with Crippen molar-refractivity contribution in [3.05, 3.63) is 77.4 Å². The maximum absolute atomic E-state index is 14.5. The third-order valence-corrected chi connectivity index (χ3v) is 6.49. The van der Waals surface area contributed by atoms with Gasteiger partial charge in [0.25, 0.3) is 5.91 Å². The van der Waals surface area contributed by atoms with E-state index in [0.29, 0.717) is 22.7 Å². The lowest BCUT2D eigenvalue weighted by Crippen LogP contribution is -2.36. The van der Waals surface area contributed by atoms with Crippen molar-refractivity contribution in [1.82, 2.24) is 5.32 Å². The number of amides is 1. The highest BCUT2D eigenvalue weighted by Crippen LogP contribution is 2.27. The Morgan fingerprint density at radius 3 is 2.41 bits per heavy atom. The summed E-state index contributed by atoms with van der Waals surface area (Å²) in [5.41, 5.74) is 4.17. The molecule has 2 aromatic carbocycles. The van der Waals surface area contributed by atoms with Crippen LogP contribution in [0.2, 0.25) is 0 Å². The largest absolute Gasteiger partial charge is 0.494 e. The monoisotopic (exact) mass is 504 g/mol. The molecule has 196 valence electrons. The second-order valence-electron chi connectivity index (χ2n) is 9.25. The molecule has 0 heterocycles. The number of ether oxygens (including phenoxy) is 1. The minimum Gasteiger partial charge on any atom is -0.494 e. The molecule has 7 heteroatoms. The molecule has 1 saturated carbocycles. The third-order valence-electron chi connectivity index (χ3n) is 6.49. The molecule has 3 rings (SSSR count). The summed E-state index contributed by atoms with van der Waals surface area (Å²) in [7, 11) is 1.45. The zero-order valence-corrected chi connectivity index (χ0v) is 22.4. The number of hydrogen-bond donors (Lipinski definition) is 2. The molecule has 2 N–H and O–H groups in total. The fourth-order valence-corrected chi connectivity index (χ4v) is 4.29. The number of benzene rings is 2. The Bertz CT molecular complexity index is 1210. The van der Waals surface area contributed by atoms with Crippen LogP contribution < -0.4 is 15.4 Å². The van der Waals surface area contributed by atoms with Gasteiger partial charge in [0.05, 0.1) is 12.8 Å². The fourth-order valence-electron chi connectivity index (χ4n) is 4.29. The van der Waals surface area contributed by atoms with Crippen LogP contribution in [0.5, 0.6) is 5.75 Å². The highest BCUT2D eigenvalue weighted by atomic mass is 19.1. The fraction of sp³-hybridized carbons (Fsp3) is 0.367. The summed E-state index contributed by atoms with van der Waals surface area (Å²) in [4.78, 5) is 21.7. The zero-order chi connectivity index (χ0) is 26.8. The van der Waals surface area contributed by atoms with E-state index in [1.165, 1.54) is 26.4 Å². The van der Waals surface area contributed by atoms with Crippen LogP contribution in [0.25, 0.3) is 5.57 Å². The van der Waals surface area contributed by atoms with Gasteiger partial charge < -0.3 is 15.4 Å². The summed E-state index contributed by atoms with van der Waals surface area (Å²) in [6, 6.07) is 11.1. The molecule has 0 aromatic heterocycles. The maximum Gasteiger partial charge on any atom is 0.251 e. The molecule has 0 unspecified atom stereocenters. The summed E-state index contributed by atoms with van der Waals surface area (Å²) in [5, 5.41) is 6.44. The Hall–Kier alpha value is -3.74. The second kappa shape index (κ2) is 13.5. The van der Waals surface area contributed by atoms with Gasteiger partial charge in [-0.05, 0) is 87.6 Å². The predicted molar refractivity (Wildman–Crippen MR) is 151 cm³/mol. The molecular formula is C30H37FN4O2.